The lowest BCUT2D eigenvalue weighted by molar-refractivity contribution is 0.600. The number of hydrogen-bond donors (Lipinski definition) is 2. The summed E-state index contributed by atoms with van der Waals surface area (Å²) >= 11 is 5.46. The van der Waals surface area contributed by atoms with Crippen molar-refractivity contribution in [2.45, 2.75) is 32.6 Å². The second kappa shape index (κ2) is 6.86. The zero-order valence-electron chi connectivity index (χ0n) is 9.87. The molecule has 0 spiro atoms. The van der Waals surface area contributed by atoms with Crippen molar-refractivity contribution < 1.29 is 8.42 Å². The van der Waals surface area contributed by atoms with E-state index < -0.39 is 10.0 Å². The Balaban J connectivity index is 2.53. The SMILES string of the molecule is CCCCc1ncc(NS(=O)(=O)CCCCl)[nH]1. The largest absolute Gasteiger partial charge is 0.328 e. The molecule has 1 heterocycles. The van der Waals surface area contributed by atoms with E-state index in [-0.39, 0.29) is 5.75 Å². The fourth-order valence-electron chi connectivity index (χ4n) is 1.35. The van der Waals surface area contributed by atoms with Gasteiger partial charge >= 0.3 is 0 Å². The van der Waals surface area contributed by atoms with Crippen molar-refractivity contribution in [3.63, 3.8) is 0 Å². The number of aryl methyl sites for hydroxylation is 1. The Morgan fingerprint density at radius 1 is 1.47 bits per heavy atom. The van der Waals surface area contributed by atoms with E-state index in [2.05, 4.69) is 21.6 Å². The van der Waals surface area contributed by atoms with Gasteiger partial charge in [0.2, 0.25) is 10.0 Å². The van der Waals surface area contributed by atoms with Gasteiger partial charge in [0.05, 0.1) is 11.9 Å². The number of unbranched alkanes of at least 4 members (excludes halogenated alkanes) is 1. The fraction of sp³-hybridized carbons (Fsp3) is 0.700. The van der Waals surface area contributed by atoms with Gasteiger partial charge in [-0.15, -0.1) is 11.6 Å². The number of imidazole rings is 1. The Labute approximate surface area is 107 Å². The number of hydrogen-bond acceptors (Lipinski definition) is 3. The van der Waals surface area contributed by atoms with Crippen LogP contribution in [0.15, 0.2) is 6.20 Å². The number of aromatic nitrogens is 2. The van der Waals surface area contributed by atoms with Crippen LogP contribution in [0.5, 0.6) is 0 Å². The molecule has 0 saturated carbocycles. The Hall–Kier alpha value is -0.750. The van der Waals surface area contributed by atoms with E-state index >= 15 is 0 Å². The average Bonchev–Trinajstić information content (AvgIpc) is 2.70. The molecule has 1 aromatic heterocycles. The second-order valence-corrected chi connectivity index (χ2v) is 6.03. The van der Waals surface area contributed by atoms with E-state index in [4.69, 9.17) is 11.6 Å². The molecule has 0 amide bonds. The first-order valence-corrected chi connectivity index (χ1v) is 7.86. The lowest BCUT2D eigenvalue weighted by Crippen LogP contribution is -2.17. The van der Waals surface area contributed by atoms with Crippen molar-refractivity contribution in [2.75, 3.05) is 16.4 Å². The predicted molar refractivity (Wildman–Crippen MR) is 69.9 cm³/mol. The van der Waals surface area contributed by atoms with Crippen LogP contribution in [0, 0.1) is 0 Å². The quantitative estimate of drug-likeness (QED) is 0.716. The zero-order chi connectivity index (χ0) is 12.7. The number of nitrogens with one attached hydrogen (secondary N) is 2. The molecule has 0 saturated heterocycles. The van der Waals surface area contributed by atoms with Gasteiger partial charge in [0.25, 0.3) is 0 Å². The third-order valence-corrected chi connectivity index (χ3v) is 3.83. The van der Waals surface area contributed by atoms with E-state index in [9.17, 15) is 8.42 Å². The van der Waals surface area contributed by atoms with Gasteiger partial charge in [0.1, 0.15) is 11.6 Å². The lowest BCUT2D eigenvalue weighted by atomic mass is 10.2. The van der Waals surface area contributed by atoms with Crippen molar-refractivity contribution in [3.8, 4) is 0 Å². The lowest BCUT2D eigenvalue weighted by Gasteiger charge is -2.04. The third-order valence-electron chi connectivity index (χ3n) is 2.21. The summed E-state index contributed by atoms with van der Waals surface area (Å²) < 4.78 is 25.6. The summed E-state index contributed by atoms with van der Waals surface area (Å²) in [5.74, 6) is 1.60. The molecule has 0 aliphatic rings. The maximum absolute atomic E-state index is 11.6. The predicted octanol–water partition coefficient (Wildman–Crippen LogP) is 2.12. The van der Waals surface area contributed by atoms with Crippen LogP contribution < -0.4 is 4.72 Å². The van der Waals surface area contributed by atoms with Crippen LogP contribution >= 0.6 is 11.6 Å². The number of rotatable bonds is 8. The number of nitrogens with zero attached hydrogens (tertiary/aromatic N) is 1. The number of sulfonamides is 1. The van der Waals surface area contributed by atoms with Crippen LogP contribution in [0.4, 0.5) is 5.82 Å². The molecule has 0 aromatic carbocycles. The number of alkyl halides is 1. The topological polar surface area (TPSA) is 74.8 Å². The highest BCUT2D eigenvalue weighted by atomic mass is 35.5. The minimum absolute atomic E-state index is 0.0276. The van der Waals surface area contributed by atoms with Crippen molar-refractivity contribution in [1.29, 1.82) is 0 Å². The van der Waals surface area contributed by atoms with Gasteiger partial charge in [0, 0.05) is 12.3 Å². The Kier molecular flexibility index (Phi) is 5.77. The van der Waals surface area contributed by atoms with Crippen molar-refractivity contribution in [2.24, 2.45) is 0 Å². The maximum Gasteiger partial charge on any atom is 0.233 e. The summed E-state index contributed by atoms with van der Waals surface area (Å²) in [7, 11) is -3.31. The first-order chi connectivity index (χ1) is 8.07. The second-order valence-electron chi connectivity index (χ2n) is 3.81. The van der Waals surface area contributed by atoms with Gasteiger partial charge in [-0.1, -0.05) is 13.3 Å². The molecule has 0 atom stereocenters. The fourth-order valence-corrected chi connectivity index (χ4v) is 2.71. The van der Waals surface area contributed by atoms with E-state index in [1.54, 1.807) is 0 Å². The van der Waals surface area contributed by atoms with Crippen molar-refractivity contribution in [1.82, 2.24) is 9.97 Å². The average molecular weight is 280 g/mol. The molecular weight excluding hydrogens is 262 g/mol. The van der Waals surface area contributed by atoms with Crippen molar-refractivity contribution in [3.05, 3.63) is 12.0 Å². The summed E-state index contributed by atoms with van der Waals surface area (Å²) in [5.41, 5.74) is 0. The molecule has 98 valence electrons. The van der Waals surface area contributed by atoms with Crippen LogP contribution in [0.3, 0.4) is 0 Å². The molecule has 1 rings (SSSR count). The molecule has 7 heteroatoms. The van der Waals surface area contributed by atoms with Crippen LogP contribution in [0.25, 0.3) is 0 Å². The molecule has 17 heavy (non-hydrogen) atoms. The number of anilines is 1. The molecule has 0 aliphatic carbocycles. The van der Waals surface area contributed by atoms with Gasteiger partial charge in [-0.25, -0.2) is 13.4 Å². The molecule has 0 unspecified atom stereocenters. The van der Waals surface area contributed by atoms with E-state index in [1.807, 2.05) is 0 Å². The minimum Gasteiger partial charge on any atom is -0.328 e. The van der Waals surface area contributed by atoms with E-state index in [0.717, 1.165) is 25.1 Å². The molecule has 0 aliphatic heterocycles. The Bertz CT molecular complexity index is 431. The molecule has 2 N–H and O–H groups in total. The summed E-state index contributed by atoms with van der Waals surface area (Å²) in [6.45, 7) is 2.10. The van der Waals surface area contributed by atoms with Gasteiger partial charge in [-0.3, -0.25) is 4.72 Å². The highest BCUT2D eigenvalue weighted by Crippen LogP contribution is 2.09. The number of halogens is 1. The smallest absolute Gasteiger partial charge is 0.233 e. The molecule has 5 nitrogen and oxygen atoms in total. The molecule has 1 aromatic rings. The molecule has 0 radical (unpaired) electrons. The number of aromatic amines is 1. The van der Waals surface area contributed by atoms with Crippen LogP contribution in [-0.2, 0) is 16.4 Å². The summed E-state index contributed by atoms with van der Waals surface area (Å²) in [5, 5.41) is 0. The zero-order valence-corrected chi connectivity index (χ0v) is 11.4. The Morgan fingerprint density at radius 2 is 2.24 bits per heavy atom. The summed E-state index contributed by atoms with van der Waals surface area (Å²) in [6.07, 6.45) is 4.89. The van der Waals surface area contributed by atoms with Gasteiger partial charge < -0.3 is 4.98 Å². The van der Waals surface area contributed by atoms with Gasteiger partial charge in [-0.05, 0) is 12.8 Å². The van der Waals surface area contributed by atoms with Crippen LogP contribution in [0.1, 0.15) is 32.0 Å². The molecule has 0 fully saturated rings. The van der Waals surface area contributed by atoms with Crippen molar-refractivity contribution >= 4 is 27.4 Å². The summed E-state index contributed by atoms with van der Waals surface area (Å²) in [6, 6.07) is 0. The standard InChI is InChI=1S/C10H18ClN3O2S/c1-2-3-5-9-12-8-10(13-9)14-17(15,16)7-4-6-11/h8,14H,2-7H2,1H3,(H,12,13). The minimum atomic E-state index is -3.31. The van der Waals surface area contributed by atoms with Gasteiger partial charge in [-0.2, -0.15) is 0 Å². The Morgan fingerprint density at radius 3 is 2.88 bits per heavy atom. The number of H-pyrrole nitrogens is 1. The van der Waals surface area contributed by atoms with E-state index in [1.165, 1.54) is 6.20 Å². The highest BCUT2D eigenvalue weighted by Gasteiger charge is 2.11. The first-order valence-electron chi connectivity index (χ1n) is 5.67. The first kappa shape index (κ1) is 14.3. The molecule has 0 bridgehead atoms. The van der Waals surface area contributed by atoms with E-state index in [0.29, 0.717) is 18.1 Å². The van der Waals surface area contributed by atoms with Crippen LogP contribution in [0.2, 0.25) is 0 Å². The normalized spacial score (nSPS) is 11.6. The molecular formula is C10H18ClN3O2S. The third kappa shape index (κ3) is 5.41. The maximum atomic E-state index is 11.6. The van der Waals surface area contributed by atoms with Gasteiger partial charge in [0.15, 0.2) is 0 Å². The highest BCUT2D eigenvalue weighted by molar-refractivity contribution is 7.92. The monoisotopic (exact) mass is 279 g/mol. The summed E-state index contributed by atoms with van der Waals surface area (Å²) in [4.78, 5) is 7.06. The van der Waals surface area contributed by atoms with Crippen LogP contribution in [-0.4, -0.2) is 30.0 Å².